The minimum Gasteiger partial charge on any atom is -0.494 e. The van der Waals surface area contributed by atoms with E-state index < -0.39 is 0 Å². The molecule has 0 spiro atoms. The first-order chi connectivity index (χ1) is 12.7. The number of carbonyl (C=O) groups is 1. The highest BCUT2D eigenvalue weighted by Gasteiger charge is 2.10. The van der Waals surface area contributed by atoms with E-state index in [1.165, 1.54) is 0 Å². The third kappa shape index (κ3) is 4.66. The first kappa shape index (κ1) is 18.1. The Morgan fingerprint density at radius 3 is 2.58 bits per heavy atom. The largest absolute Gasteiger partial charge is 0.494 e. The van der Waals surface area contributed by atoms with Crippen molar-refractivity contribution in [2.45, 2.75) is 19.9 Å². The summed E-state index contributed by atoms with van der Waals surface area (Å²) in [6.07, 6.45) is 0.284. The number of carbonyl (C=O) groups excluding carboxylic acids is 1. The third-order valence-corrected chi connectivity index (χ3v) is 4.18. The molecule has 2 aromatic carbocycles. The fourth-order valence-corrected chi connectivity index (χ4v) is 2.66. The van der Waals surface area contributed by atoms with Crippen molar-refractivity contribution in [3.05, 3.63) is 64.4 Å². The maximum atomic E-state index is 12.2. The molecular weight excluding hydrogens is 398 g/mol. The molecule has 3 aromatic rings. The highest BCUT2D eigenvalue weighted by Crippen LogP contribution is 2.14. The number of hydrogen-bond donors (Lipinski definition) is 1. The van der Waals surface area contributed by atoms with Gasteiger partial charge in [0.15, 0.2) is 5.82 Å². The molecule has 134 valence electrons. The van der Waals surface area contributed by atoms with Crippen LogP contribution in [0.4, 0.5) is 0 Å². The van der Waals surface area contributed by atoms with Gasteiger partial charge in [0, 0.05) is 4.47 Å². The van der Waals surface area contributed by atoms with Crippen LogP contribution in [0.5, 0.6) is 5.75 Å². The minimum atomic E-state index is -0.0977. The number of tetrazole rings is 1. The Labute approximate surface area is 159 Å². The maximum Gasteiger partial charge on any atom is 0.224 e. The highest BCUT2D eigenvalue weighted by atomic mass is 79.9. The van der Waals surface area contributed by atoms with Crippen molar-refractivity contribution < 1.29 is 9.53 Å². The molecule has 1 heterocycles. The summed E-state index contributed by atoms with van der Waals surface area (Å²) in [6, 6.07) is 15.1. The summed E-state index contributed by atoms with van der Waals surface area (Å²) in [5.74, 6) is 1.26. The molecular formula is C18H18BrN5O2. The van der Waals surface area contributed by atoms with Crippen LogP contribution in [0.1, 0.15) is 18.3 Å². The molecule has 0 atom stereocenters. The van der Waals surface area contributed by atoms with Crippen molar-refractivity contribution in [3.63, 3.8) is 0 Å². The number of ether oxygens (including phenoxy) is 1. The van der Waals surface area contributed by atoms with Crippen LogP contribution in [0, 0.1) is 0 Å². The normalized spacial score (nSPS) is 10.5. The van der Waals surface area contributed by atoms with Crippen LogP contribution < -0.4 is 10.1 Å². The van der Waals surface area contributed by atoms with Gasteiger partial charge >= 0.3 is 0 Å². The average molecular weight is 416 g/mol. The molecule has 0 unspecified atom stereocenters. The second-order valence-electron chi connectivity index (χ2n) is 5.51. The molecule has 7 nitrogen and oxygen atoms in total. The summed E-state index contributed by atoms with van der Waals surface area (Å²) in [5.41, 5.74) is 1.74. The van der Waals surface area contributed by atoms with Crippen LogP contribution in [-0.2, 0) is 17.8 Å². The zero-order chi connectivity index (χ0) is 18.4. The van der Waals surface area contributed by atoms with E-state index in [2.05, 4.69) is 36.8 Å². The molecule has 0 aliphatic carbocycles. The van der Waals surface area contributed by atoms with E-state index in [1.54, 1.807) is 4.68 Å². The predicted molar refractivity (Wildman–Crippen MR) is 100 cm³/mol. The lowest BCUT2D eigenvalue weighted by Gasteiger charge is -2.07. The Balaban J connectivity index is 1.58. The first-order valence-corrected chi connectivity index (χ1v) is 8.96. The molecule has 0 radical (unpaired) electrons. The van der Waals surface area contributed by atoms with Crippen molar-refractivity contribution in [1.82, 2.24) is 25.5 Å². The number of hydrogen-bond acceptors (Lipinski definition) is 5. The van der Waals surface area contributed by atoms with E-state index in [0.717, 1.165) is 21.5 Å². The second-order valence-corrected chi connectivity index (χ2v) is 6.43. The van der Waals surface area contributed by atoms with Crippen molar-refractivity contribution >= 4 is 21.8 Å². The number of nitrogens with one attached hydrogen (secondary N) is 1. The van der Waals surface area contributed by atoms with Gasteiger partial charge in [-0.2, -0.15) is 4.68 Å². The van der Waals surface area contributed by atoms with Gasteiger partial charge in [-0.1, -0.05) is 28.1 Å². The second kappa shape index (κ2) is 8.57. The van der Waals surface area contributed by atoms with Gasteiger partial charge < -0.3 is 10.1 Å². The minimum absolute atomic E-state index is 0.0977. The fraction of sp³-hybridized carbons (Fsp3) is 0.222. The van der Waals surface area contributed by atoms with Gasteiger partial charge in [0.1, 0.15) is 5.75 Å². The molecule has 0 saturated carbocycles. The van der Waals surface area contributed by atoms with Gasteiger partial charge in [-0.15, -0.1) is 5.10 Å². The van der Waals surface area contributed by atoms with Crippen molar-refractivity contribution in [2.24, 2.45) is 0 Å². The molecule has 0 saturated heterocycles. The monoisotopic (exact) mass is 415 g/mol. The summed E-state index contributed by atoms with van der Waals surface area (Å²) in [4.78, 5) is 12.2. The predicted octanol–water partition coefficient (Wildman–Crippen LogP) is 2.68. The fourth-order valence-electron chi connectivity index (χ4n) is 2.39. The Kier molecular flexibility index (Phi) is 5.96. The van der Waals surface area contributed by atoms with Crippen molar-refractivity contribution in [3.8, 4) is 11.4 Å². The van der Waals surface area contributed by atoms with Gasteiger partial charge in [-0.05, 0) is 59.3 Å². The van der Waals surface area contributed by atoms with Crippen LogP contribution in [0.15, 0.2) is 53.0 Å². The summed E-state index contributed by atoms with van der Waals surface area (Å²) < 4.78 is 7.97. The van der Waals surface area contributed by atoms with Gasteiger partial charge in [0.2, 0.25) is 5.91 Å². The van der Waals surface area contributed by atoms with Gasteiger partial charge in [0.05, 0.1) is 25.3 Å². The highest BCUT2D eigenvalue weighted by molar-refractivity contribution is 9.10. The summed E-state index contributed by atoms with van der Waals surface area (Å²) >= 11 is 3.40. The Bertz CT molecular complexity index is 862. The first-order valence-electron chi connectivity index (χ1n) is 8.17. The molecule has 0 fully saturated rings. The lowest BCUT2D eigenvalue weighted by Crippen LogP contribution is -2.26. The van der Waals surface area contributed by atoms with Gasteiger partial charge in [-0.25, -0.2) is 0 Å². The number of benzene rings is 2. The van der Waals surface area contributed by atoms with Gasteiger partial charge in [-0.3, -0.25) is 4.79 Å². The summed E-state index contributed by atoms with van der Waals surface area (Å²) in [7, 11) is 0. The Morgan fingerprint density at radius 2 is 1.88 bits per heavy atom. The van der Waals surface area contributed by atoms with E-state index in [9.17, 15) is 4.79 Å². The molecule has 26 heavy (non-hydrogen) atoms. The van der Waals surface area contributed by atoms with Crippen LogP contribution >= 0.6 is 15.9 Å². The number of aromatic nitrogens is 4. The van der Waals surface area contributed by atoms with Crippen molar-refractivity contribution in [1.29, 1.82) is 0 Å². The lowest BCUT2D eigenvalue weighted by atomic mass is 10.1. The van der Waals surface area contributed by atoms with E-state index in [-0.39, 0.29) is 18.9 Å². The molecule has 3 rings (SSSR count). The molecule has 8 heteroatoms. The third-order valence-electron chi connectivity index (χ3n) is 3.65. The SMILES string of the molecule is CCOc1ccc(CC(=O)NCc2nnnn2-c2ccc(Br)cc2)cc1. The maximum absolute atomic E-state index is 12.2. The van der Waals surface area contributed by atoms with Crippen molar-refractivity contribution in [2.75, 3.05) is 6.61 Å². The zero-order valence-electron chi connectivity index (χ0n) is 14.2. The summed E-state index contributed by atoms with van der Waals surface area (Å²) in [5, 5.41) is 14.5. The molecule has 0 bridgehead atoms. The molecule has 0 aliphatic rings. The van der Waals surface area contributed by atoms with E-state index in [1.807, 2.05) is 55.5 Å². The standard InChI is InChI=1S/C18H18BrN5O2/c1-2-26-16-9-3-13(4-10-16)11-18(25)20-12-17-21-22-23-24(17)15-7-5-14(19)6-8-15/h3-10H,2,11-12H2,1H3,(H,20,25). The lowest BCUT2D eigenvalue weighted by molar-refractivity contribution is -0.120. The average Bonchev–Trinajstić information content (AvgIpc) is 3.11. The van der Waals surface area contributed by atoms with E-state index >= 15 is 0 Å². The van der Waals surface area contributed by atoms with E-state index in [4.69, 9.17) is 4.74 Å². The molecule has 0 aliphatic heterocycles. The molecule has 1 aromatic heterocycles. The van der Waals surface area contributed by atoms with Crippen LogP contribution in [0.2, 0.25) is 0 Å². The van der Waals surface area contributed by atoms with Crippen LogP contribution in [-0.4, -0.2) is 32.7 Å². The number of halogens is 1. The van der Waals surface area contributed by atoms with Crippen LogP contribution in [0.25, 0.3) is 5.69 Å². The Hall–Kier alpha value is -2.74. The topological polar surface area (TPSA) is 81.9 Å². The number of rotatable bonds is 7. The number of nitrogens with zero attached hydrogens (tertiary/aromatic N) is 4. The number of amides is 1. The molecule has 1 amide bonds. The smallest absolute Gasteiger partial charge is 0.224 e. The Morgan fingerprint density at radius 1 is 1.15 bits per heavy atom. The van der Waals surface area contributed by atoms with Gasteiger partial charge in [0.25, 0.3) is 0 Å². The van der Waals surface area contributed by atoms with E-state index in [0.29, 0.717) is 12.4 Å². The molecule has 1 N–H and O–H groups in total. The van der Waals surface area contributed by atoms with Crippen LogP contribution in [0.3, 0.4) is 0 Å². The summed E-state index contributed by atoms with van der Waals surface area (Å²) in [6.45, 7) is 2.80. The zero-order valence-corrected chi connectivity index (χ0v) is 15.8. The quantitative estimate of drug-likeness (QED) is 0.641.